The van der Waals surface area contributed by atoms with Gasteiger partial charge in [0.05, 0.1) is 34.5 Å². The van der Waals surface area contributed by atoms with Gasteiger partial charge in [0.25, 0.3) is 5.91 Å². The molecule has 1 saturated heterocycles. The Balaban J connectivity index is 1.51. The van der Waals surface area contributed by atoms with Crippen molar-refractivity contribution in [2.45, 2.75) is 0 Å². The predicted molar refractivity (Wildman–Crippen MR) is 104 cm³/mol. The minimum Gasteiger partial charge on any atom is -0.379 e. The number of benzene rings is 1. The zero-order chi connectivity index (χ0) is 18.4. The Hall–Kier alpha value is -1.86. The van der Waals surface area contributed by atoms with E-state index in [0.29, 0.717) is 21.3 Å². The van der Waals surface area contributed by atoms with Gasteiger partial charge in [-0.15, -0.1) is 0 Å². The fraction of sp³-hybridized carbons (Fsp3) is 0.333. The van der Waals surface area contributed by atoms with Gasteiger partial charge >= 0.3 is 0 Å². The molecule has 138 valence electrons. The molecule has 1 aromatic heterocycles. The summed E-state index contributed by atoms with van der Waals surface area (Å²) in [4.78, 5) is 18.9. The van der Waals surface area contributed by atoms with Crippen LogP contribution in [0.1, 0.15) is 10.4 Å². The Morgan fingerprint density at radius 1 is 1.19 bits per heavy atom. The van der Waals surface area contributed by atoms with E-state index in [9.17, 15) is 4.79 Å². The van der Waals surface area contributed by atoms with E-state index in [1.54, 1.807) is 30.3 Å². The van der Waals surface area contributed by atoms with E-state index in [-0.39, 0.29) is 5.91 Å². The van der Waals surface area contributed by atoms with Gasteiger partial charge in [-0.1, -0.05) is 29.3 Å². The Morgan fingerprint density at radius 3 is 2.73 bits per heavy atom. The van der Waals surface area contributed by atoms with Crippen molar-refractivity contribution in [3.05, 3.63) is 52.1 Å². The molecule has 1 fully saturated rings. The van der Waals surface area contributed by atoms with Gasteiger partial charge in [0, 0.05) is 32.4 Å². The summed E-state index contributed by atoms with van der Waals surface area (Å²) in [6, 6.07) is 8.59. The highest BCUT2D eigenvalue weighted by Crippen LogP contribution is 2.29. The molecule has 1 aromatic carbocycles. The summed E-state index contributed by atoms with van der Waals surface area (Å²) in [6.45, 7) is 5.22. The number of ether oxygens (including phenoxy) is 1. The molecule has 2 heterocycles. The quantitative estimate of drug-likeness (QED) is 0.785. The molecular weight excluding hydrogens is 375 g/mol. The maximum absolute atomic E-state index is 12.3. The number of rotatable bonds is 6. The number of morpholine rings is 1. The van der Waals surface area contributed by atoms with Crippen LogP contribution in [0.3, 0.4) is 0 Å². The average Bonchev–Trinajstić information content (AvgIpc) is 2.67. The number of carbonyl (C=O) groups excluding carboxylic acids is 1. The van der Waals surface area contributed by atoms with Crippen LogP contribution in [0.4, 0.5) is 11.5 Å². The van der Waals surface area contributed by atoms with Gasteiger partial charge in [-0.2, -0.15) is 0 Å². The second-order valence-electron chi connectivity index (χ2n) is 5.87. The summed E-state index contributed by atoms with van der Waals surface area (Å²) in [5, 5.41) is 6.71. The SMILES string of the molecule is O=C(Nc1cccc(Cl)c1Cl)c1ccc(NCCN2CCOCC2)nc1. The zero-order valence-electron chi connectivity index (χ0n) is 14.2. The fourth-order valence-corrected chi connectivity index (χ4v) is 2.94. The molecule has 3 rings (SSSR count). The molecule has 0 saturated carbocycles. The Bertz CT molecular complexity index is 749. The van der Waals surface area contributed by atoms with E-state index >= 15 is 0 Å². The first-order valence-electron chi connectivity index (χ1n) is 8.39. The van der Waals surface area contributed by atoms with Crippen LogP contribution >= 0.6 is 23.2 Å². The van der Waals surface area contributed by atoms with Crippen LogP contribution in [0, 0.1) is 0 Å². The largest absolute Gasteiger partial charge is 0.379 e. The standard InChI is InChI=1S/C18H20Cl2N4O2/c19-14-2-1-3-15(17(14)20)23-18(25)13-4-5-16(22-12-13)21-6-7-24-8-10-26-11-9-24/h1-5,12H,6-11H2,(H,21,22)(H,23,25). The number of nitrogens with zero attached hydrogens (tertiary/aromatic N) is 2. The maximum atomic E-state index is 12.3. The van der Waals surface area contributed by atoms with Crippen LogP contribution in [0.5, 0.6) is 0 Å². The highest BCUT2D eigenvalue weighted by Gasteiger charge is 2.12. The number of amides is 1. The summed E-state index contributed by atoms with van der Waals surface area (Å²) in [5.74, 6) is 0.442. The number of pyridine rings is 1. The fourth-order valence-electron chi connectivity index (χ4n) is 2.59. The molecule has 6 nitrogen and oxygen atoms in total. The van der Waals surface area contributed by atoms with E-state index in [0.717, 1.165) is 45.2 Å². The molecule has 2 aromatic rings. The van der Waals surface area contributed by atoms with E-state index in [2.05, 4.69) is 20.5 Å². The van der Waals surface area contributed by atoms with Crippen molar-refractivity contribution in [1.82, 2.24) is 9.88 Å². The second-order valence-corrected chi connectivity index (χ2v) is 6.65. The summed E-state index contributed by atoms with van der Waals surface area (Å²) >= 11 is 12.0. The number of anilines is 2. The lowest BCUT2D eigenvalue weighted by atomic mass is 10.2. The smallest absolute Gasteiger partial charge is 0.257 e. The van der Waals surface area contributed by atoms with E-state index in [1.165, 1.54) is 6.20 Å². The first kappa shape index (κ1) is 18.9. The molecule has 8 heteroatoms. The first-order valence-corrected chi connectivity index (χ1v) is 9.14. The molecule has 1 aliphatic rings. The van der Waals surface area contributed by atoms with Crippen molar-refractivity contribution in [3.63, 3.8) is 0 Å². The molecule has 2 N–H and O–H groups in total. The molecule has 26 heavy (non-hydrogen) atoms. The van der Waals surface area contributed by atoms with Crippen LogP contribution < -0.4 is 10.6 Å². The number of hydrogen-bond donors (Lipinski definition) is 2. The average molecular weight is 395 g/mol. The molecule has 0 aliphatic carbocycles. The lowest BCUT2D eigenvalue weighted by Crippen LogP contribution is -2.39. The zero-order valence-corrected chi connectivity index (χ0v) is 15.7. The van der Waals surface area contributed by atoms with E-state index in [1.807, 2.05) is 0 Å². The number of carbonyl (C=O) groups is 1. The molecular formula is C18H20Cl2N4O2. The normalized spacial score (nSPS) is 14.8. The van der Waals surface area contributed by atoms with Gasteiger partial charge in [0.15, 0.2) is 0 Å². The van der Waals surface area contributed by atoms with Crippen molar-refractivity contribution < 1.29 is 9.53 Å². The first-order chi connectivity index (χ1) is 12.6. The highest BCUT2D eigenvalue weighted by atomic mass is 35.5. The highest BCUT2D eigenvalue weighted by molar-refractivity contribution is 6.44. The summed E-state index contributed by atoms with van der Waals surface area (Å²) in [7, 11) is 0. The van der Waals surface area contributed by atoms with Gasteiger partial charge in [-0.25, -0.2) is 4.98 Å². The minimum atomic E-state index is -0.290. The maximum Gasteiger partial charge on any atom is 0.257 e. The van der Waals surface area contributed by atoms with Crippen LogP contribution in [0.2, 0.25) is 10.0 Å². The summed E-state index contributed by atoms with van der Waals surface area (Å²) in [6.07, 6.45) is 1.53. The topological polar surface area (TPSA) is 66.5 Å². The third-order valence-corrected chi connectivity index (χ3v) is 4.88. The van der Waals surface area contributed by atoms with Crippen LogP contribution in [-0.2, 0) is 4.74 Å². The summed E-state index contributed by atoms with van der Waals surface area (Å²) < 4.78 is 5.33. The third-order valence-electron chi connectivity index (χ3n) is 4.06. The van der Waals surface area contributed by atoms with Crippen LogP contribution in [0.25, 0.3) is 0 Å². The van der Waals surface area contributed by atoms with E-state index in [4.69, 9.17) is 27.9 Å². The van der Waals surface area contributed by atoms with Gasteiger partial charge in [0.1, 0.15) is 5.82 Å². The lowest BCUT2D eigenvalue weighted by molar-refractivity contribution is 0.0398. The van der Waals surface area contributed by atoms with Crippen molar-refractivity contribution in [1.29, 1.82) is 0 Å². The van der Waals surface area contributed by atoms with Gasteiger partial charge < -0.3 is 15.4 Å². The van der Waals surface area contributed by atoms with Gasteiger partial charge in [0.2, 0.25) is 0 Å². The molecule has 1 aliphatic heterocycles. The van der Waals surface area contributed by atoms with Crippen molar-refractivity contribution in [2.24, 2.45) is 0 Å². The Kier molecular flexibility index (Phi) is 6.68. The van der Waals surface area contributed by atoms with E-state index < -0.39 is 0 Å². The lowest BCUT2D eigenvalue weighted by Gasteiger charge is -2.26. The molecule has 1 amide bonds. The Labute approximate surface area is 162 Å². The number of aromatic nitrogens is 1. The van der Waals surface area contributed by atoms with Crippen molar-refractivity contribution >= 4 is 40.6 Å². The monoisotopic (exact) mass is 394 g/mol. The number of hydrogen-bond acceptors (Lipinski definition) is 5. The number of halogens is 2. The van der Waals surface area contributed by atoms with Gasteiger partial charge in [-0.05, 0) is 24.3 Å². The molecule has 0 bridgehead atoms. The van der Waals surface area contributed by atoms with Crippen molar-refractivity contribution in [2.75, 3.05) is 50.0 Å². The Morgan fingerprint density at radius 2 is 2.00 bits per heavy atom. The predicted octanol–water partition coefficient (Wildman–Crippen LogP) is 3.38. The van der Waals surface area contributed by atoms with Crippen molar-refractivity contribution in [3.8, 4) is 0 Å². The molecule has 0 radical (unpaired) electrons. The molecule has 0 atom stereocenters. The van der Waals surface area contributed by atoms with Gasteiger partial charge in [-0.3, -0.25) is 9.69 Å². The van der Waals surface area contributed by atoms with Crippen LogP contribution in [-0.4, -0.2) is 55.2 Å². The second kappa shape index (κ2) is 9.19. The summed E-state index contributed by atoms with van der Waals surface area (Å²) in [5.41, 5.74) is 0.914. The number of nitrogens with one attached hydrogen (secondary N) is 2. The molecule has 0 unspecified atom stereocenters. The minimum absolute atomic E-state index is 0.290. The van der Waals surface area contributed by atoms with Crippen LogP contribution in [0.15, 0.2) is 36.5 Å². The molecule has 0 spiro atoms. The third kappa shape index (κ3) is 5.08.